The molecule has 4 rings (SSSR count). The maximum Gasteiger partial charge on any atom is 0.159 e. The second-order valence-corrected chi connectivity index (χ2v) is 6.07. The normalized spacial score (nSPS) is 32.1. The molecule has 0 atom stereocenters. The fourth-order valence-electron chi connectivity index (χ4n) is 2.53. The standard InChI is InChI=1S/C9H10BrNS/c10-9-11-7-5-1-3-6(4-2-5)8(7)12-9/h5-6H,1-4H2. The van der Waals surface area contributed by atoms with E-state index in [9.17, 15) is 0 Å². The van der Waals surface area contributed by atoms with Gasteiger partial charge < -0.3 is 0 Å². The van der Waals surface area contributed by atoms with Gasteiger partial charge in [-0.25, -0.2) is 4.98 Å². The third-order valence-electron chi connectivity index (χ3n) is 3.14. The fraction of sp³-hybridized carbons (Fsp3) is 0.667. The molecule has 0 aliphatic heterocycles. The fourth-order valence-corrected chi connectivity index (χ4v) is 4.29. The number of fused-ring (bicyclic) bond motifs is 2. The van der Waals surface area contributed by atoms with Crippen LogP contribution < -0.4 is 0 Å². The quantitative estimate of drug-likeness (QED) is 0.678. The summed E-state index contributed by atoms with van der Waals surface area (Å²) in [7, 11) is 0. The minimum absolute atomic E-state index is 0.799. The molecular formula is C9H10BrNS. The van der Waals surface area contributed by atoms with Gasteiger partial charge in [-0.15, -0.1) is 11.3 Å². The molecule has 0 spiro atoms. The summed E-state index contributed by atoms with van der Waals surface area (Å²) in [6.45, 7) is 0. The Morgan fingerprint density at radius 1 is 1.17 bits per heavy atom. The van der Waals surface area contributed by atoms with E-state index >= 15 is 0 Å². The zero-order valence-electron chi connectivity index (χ0n) is 6.72. The smallest absolute Gasteiger partial charge is 0.159 e. The lowest BCUT2D eigenvalue weighted by molar-refractivity contribution is 0.358. The summed E-state index contributed by atoms with van der Waals surface area (Å²) < 4.78 is 1.09. The topological polar surface area (TPSA) is 12.9 Å². The van der Waals surface area contributed by atoms with Crippen molar-refractivity contribution in [3.05, 3.63) is 14.5 Å². The van der Waals surface area contributed by atoms with Crippen LogP contribution in [-0.2, 0) is 0 Å². The lowest BCUT2D eigenvalue weighted by Crippen LogP contribution is -2.20. The molecule has 3 heteroatoms. The predicted molar refractivity (Wildman–Crippen MR) is 53.8 cm³/mol. The van der Waals surface area contributed by atoms with Crippen LogP contribution in [0, 0.1) is 0 Å². The predicted octanol–water partition coefficient (Wildman–Crippen LogP) is 3.66. The molecule has 1 aromatic heterocycles. The van der Waals surface area contributed by atoms with Crippen LogP contribution in [-0.4, -0.2) is 4.98 Å². The van der Waals surface area contributed by atoms with Crippen LogP contribution in [0.3, 0.4) is 0 Å². The lowest BCUT2D eigenvalue weighted by Gasteiger charge is -2.34. The van der Waals surface area contributed by atoms with Crippen molar-refractivity contribution in [2.24, 2.45) is 0 Å². The molecule has 1 heterocycles. The van der Waals surface area contributed by atoms with Crippen molar-refractivity contribution in [1.29, 1.82) is 0 Å². The Labute approximate surface area is 84.3 Å². The van der Waals surface area contributed by atoms with E-state index < -0.39 is 0 Å². The summed E-state index contributed by atoms with van der Waals surface area (Å²) in [6.07, 6.45) is 5.58. The average Bonchev–Trinajstić information content (AvgIpc) is 2.49. The first-order valence-corrected chi connectivity index (χ1v) is 6.11. The molecule has 1 nitrogen and oxygen atoms in total. The van der Waals surface area contributed by atoms with Gasteiger partial charge in [-0.05, 0) is 47.5 Å². The molecule has 1 fully saturated rings. The van der Waals surface area contributed by atoms with E-state index in [0.717, 1.165) is 15.8 Å². The molecule has 0 radical (unpaired) electrons. The largest absolute Gasteiger partial charge is 0.234 e. The monoisotopic (exact) mass is 243 g/mol. The highest BCUT2D eigenvalue weighted by molar-refractivity contribution is 9.11. The Balaban J connectivity index is 2.18. The first kappa shape index (κ1) is 7.51. The highest BCUT2D eigenvalue weighted by Crippen LogP contribution is 2.51. The van der Waals surface area contributed by atoms with Crippen molar-refractivity contribution in [1.82, 2.24) is 4.98 Å². The molecule has 3 aliphatic rings. The number of hydrogen-bond acceptors (Lipinski definition) is 2. The van der Waals surface area contributed by atoms with E-state index in [4.69, 9.17) is 0 Å². The van der Waals surface area contributed by atoms with E-state index in [2.05, 4.69) is 20.9 Å². The summed E-state index contributed by atoms with van der Waals surface area (Å²) in [5, 5.41) is 0. The minimum atomic E-state index is 0.799. The van der Waals surface area contributed by atoms with E-state index in [0.29, 0.717) is 0 Å². The van der Waals surface area contributed by atoms with Crippen LogP contribution >= 0.6 is 27.3 Å². The molecule has 0 N–H and O–H groups in total. The van der Waals surface area contributed by atoms with Crippen molar-refractivity contribution < 1.29 is 0 Å². The van der Waals surface area contributed by atoms with Crippen LogP contribution in [0.1, 0.15) is 48.1 Å². The third kappa shape index (κ3) is 0.925. The number of hydrogen-bond donors (Lipinski definition) is 0. The summed E-state index contributed by atoms with van der Waals surface area (Å²) in [4.78, 5) is 6.16. The van der Waals surface area contributed by atoms with Gasteiger partial charge in [0.15, 0.2) is 3.92 Å². The van der Waals surface area contributed by atoms with Gasteiger partial charge in [0, 0.05) is 10.8 Å². The number of thiazole rings is 1. The number of nitrogens with zero attached hydrogens (tertiary/aromatic N) is 1. The number of aromatic nitrogens is 1. The van der Waals surface area contributed by atoms with Crippen LogP contribution in [0.25, 0.3) is 0 Å². The van der Waals surface area contributed by atoms with Gasteiger partial charge in [0.25, 0.3) is 0 Å². The molecule has 0 saturated heterocycles. The van der Waals surface area contributed by atoms with Gasteiger partial charge in [0.2, 0.25) is 0 Å². The van der Waals surface area contributed by atoms with E-state index in [1.165, 1.54) is 31.4 Å². The van der Waals surface area contributed by atoms with Crippen molar-refractivity contribution in [3.63, 3.8) is 0 Å². The molecule has 2 bridgehead atoms. The molecule has 64 valence electrons. The second kappa shape index (κ2) is 2.55. The third-order valence-corrected chi connectivity index (χ3v) is 4.82. The Kier molecular flexibility index (Phi) is 1.59. The van der Waals surface area contributed by atoms with Crippen molar-refractivity contribution >= 4 is 27.3 Å². The van der Waals surface area contributed by atoms with Crippen LogP contribution in [0.5, 0.6) is 0 Å². The Hall–Kier alpha value is 0.110. The van der Waals surface area contributed by atoms with Gasteiger partial charge in [-0.2, -0.15) is 0 Å². The van der Waals surface area contributed by atoms with Crippen molar-refractivity contribution in [3.8, 4) is 0 Å². The zero-order valence-corrected chi connectivity index (χ0v) is 9.12. The SMILES string of the molecule is Brc1nc2c(s1)C1CCC2CC1. The summed E-state index contributed by atoms with van der Waals surface area (Å²) >= 11 is 5.34. The highest BCUT2D eigenvalue weighted by atomic mass is 79.9. The van der Waals surface area contributed by atoms with Crippen LogP contribution in [0.2, 0.25) is 0 Å². The zero-order chi connectivity index (χ0) is 8.13. The van der Waals surface area contributed by atoms with Gasteiger partial charge >= 0.3 is 0 Å². The Morgan fingerprint density at radius 3 is 2.50 bits per heavy atom. The highest BCUT2D eigenvalue weighted by Gasteiger charge is 2.35. The minimum Gasteiger partial charge on any atom is -0.234 e. The number of rotatable bonds is 0. The van der Waals surface area contributed by atoms with E-state index in [-0.39, 0.29) is 0 Å². The lowest BCUT2D eigenvalue weighted by atomic mass is 9.73. The molecule has 12 heavy (non-hydrogen) atoms. The first-order chi connectivity index (χ1) is 5.84. The van der Waals surface area contributed by atoms with Crippen LogP contribution in [0.4, 0.5) is 0 Å². The summed E-state index contributed by atoms with van der Waals surface area (Å²) in [6, 6.07) is 0. The molecule has 0 amide bonds. The van der Waals surface area contributed by atoms with Gasteiger partial charge in [0.05, 0.1) is 5.69 Å². The molecule has 3 aliphatic carbocycles. The van der Waals surface area contributed by atoms with Crippen molar-refractivity contribution in [2.45, 2.75) is 37.5 Å². The molecule has 1 aromatic rings. The summed E-state index contributed by atoms with van der Waals surface area (Å²) in [5.41, 5.74) is 1.43. The Bertz CT molecular complexity index is 283. The molecular weight excluding hydrogens is 234 g/mol. The molecule has 1 saturated carbocycles. The summed E-state index contributed by atoms with van der Waals surface area (Å²) in [5.74, 6) is 1.65. The second-order valence-electron chi connectivity index (χ2n) is 3.76. The Morgan fingerprint density at radius 2 is 1.83 bits per heavy atom. The molecule has 0 unspecified atom stereocenters. The average molecular weight is 244 g/mol. The molecule has 0 aromatic carbocycles. The van der Waals surface area contributed by atoms with Gasteiger partial charge in [-0.1, -0.05) is 0 Å². The first-order valence-electron chi connectivity index (χ1n) is 4.50. The number of halogens is 1. The van der Waals surface area contributed by atoms with Gasteiger partial charge in [0.1, 0.15) is 0 Å². The van der Waals surface area contributed by atoms with E-state index in [1.54, 1.807) is 4.88 Å². The maximum absolute atomic E-state index is 4.57. The maximum atomic E-state index is 4.57. The van der Waals surface area contributed by atoms with Crippen molar-refractivity contribution in [2.75, 3.05) is 0 Å². The van der Waals surface area contributed by atoms with Gasteiger partial charge in [-0.3, -0.25) is 0 Å². The van der Waals surface area contributed by atoms with E-state index in [1.807, 2.05) is 11.3 Å². The van der Waals surface area contributed by atoms with Crippen LogP contribution in [0.15, 0.2) is 3.92 Å².